The fourth-order valence-corrected chi connectivity index (χ4v) is 4.85. The van der Waals surface area contributed by atoms with Gasteiger partial charge in [-0.15, -0.1) is 0 Å². The number of halogens is 1. The van der Waals surface area contributed by atoms with Crippen molar-refractivity contribution in [3.8, 4) is 11.5 Å². The van der Waals surface area contributed by atoms with Gasteiger partial charge in [0.15, 0.2) is 16.6 Å². The van der Waals surface area contributed by atoms with Crippen LogP contribution in [0.5, 0.6) is 11.5 Å². The standard InChI is InChI=1S/C26H25ClN2O3S/c1-4-31-21-14-12-19(15-22(21)32-5-2)25(30)29(16-18-9-7-6-8-10-18)26-28-23-17(3)11-13-20(27)24(23)33-26/h6-15H,4-5,16H2,1-3H3. The number of ether oxygens (including phenoxy) is 2. The van der Waals surface area contributed by atoms with Crippen LogP contribution >= 0.6 is 22.9 Å². The average molecular weight is 481 g/mol. The van der Waals surface area contributed by atoms with Gasteiger partial charge in [-0.05, 0) is 56.2 Å². The van der Waals surface area contributed by atoms with Crippen molar-refractivity contribution in [2.45, 2.75) is 27.3 Å². The van der Waals surface area contributed by atoms with Gasteiger partial charge in [0.1, 0.15) is 0 Å². The lowest BCUT2D eigenvalue weighted by atomic mass is 10.1. The zero-order valence-electron chi connectivity index (χ0n) is 18.8. The highest BCUT2D eigenvalue weighted by atomic mass is 35.5. The molecule has 170 valence electrons. The number of hydrogen-bond donors (Lipinski definition) is 0. The lowest BCUT2D eigenvalue weighted by Crippen LogP contribution is -2.30. The predicted octanol–water partition coefficient (Wildman–Crippen LogP) is 6.90. The molecule has 0 bridgehead atoms. The van der Waals surface area contributed by atoms with Crippen molar-refractivity contribution >= 4 is 44.2 Å². The number of hydrogen-bond acceptors (Lipinski definition) is 5. The molecular weight excluding hydrogens is 456 g/mol. The molecule has 0 spiro atoms. The number of aromatic nitrogens is 1. The minimum Gasteiger partial charge on any atom is -0.490 e. The van der Waals surface area contributed by atoms with Crippen molar-refractivity contribution in [3.63, 3.8) is 0 Å². The lowest BCUT2D eigenvalue weighted by molar-refractivity contribution is 0.0984. The summed E-state index contributed by atoms with van der Waals surface area (Å²) < 4.78 is 12.3. The molecule has 0 saturated heterocycles. The summed E-state index contributed by atoms with van der Waals surface area (Å²) in [6.07, 6.45) is 0. The van der Waals surface area contributed by atoms with Crippen LogP contribution in [0.2, 0.25) is 5.02 Å². The van der Waals surface area contributed by atoms with E-state index < -0.39 is 0 Å². The van der Waals surface area contributed by atoms with E-state index in [2.05, 4.69) is 0 Å². The van der Waals surface area contributed by atoms with Gasteiger partial charge in [-0.1, -0.05) is 59.3 Å². The highest BCUT2D eigenvalue weighted by molar-refractivity contribution is 7.23. The summed E-state index contributed by atoms with van der Waals surface area (Å²) in [4.78, 5) is 20.3. The molecule has 0 radical (unpaired) electrons. The number of benzene rings is 3. The van der Waals surface area contributed by atoms with E-state index >= 15 is 0 Å². The molecule has 1 amide bonds. The first-order chi connectivity index (χ1) is 16.0. The third kappa shape index (κ3) is 4.97. The quantitative estimate of drug-likeness (QED) is 0.275. The molecule has 4 aromatic rings. The number of rotatable bonds is 8. The van der Waals surface area contributed by atoms with E-state index in [1.165, 1.54) is 11.3 Å². The number of carbonyl (C=O) groups is 1. The molecule has 0 N–H and O–H groups in total. The normalized spacial score (nSPS) is 10.9. The summed E-state index contributed by atoms with van der Waals surface area (Å²) in [6.45, 7) is 7.18. The van der Waals surface area contributed by atoms with Crippen LogP contribution in [-0.2, 0) is 6.54 Å². The van der Waals surface area contributed by atoms with E-state index in [1.54, 1.807) is 23.1 Å². The van der Waals surface area contributed by atoms with Crippen LogP contribution in [0, 0.1) is 6.92 Å². The highest BCUT2D eigenvalue weighted by Gasteiger charge is 2.24. The largest absolute Gasteiger partial charge is 0.490 e. The number of nitrogens with zero attached hydrogens (tertiary/aromatic N) is 2. The van der Waals surface area contributed by atoms with E-state index in [1.807, 2.05) is 63.2 Å². The van der Waals surface area contributed by atoms with Gasteiger partial charge in [-0.2, -0.15) is 0 Å². The van der Waals surface area contributed by atoms with E-state index in [9.17, 15) is 4.79 Å². The zero-order chi connectivity index (χ0) is 23.4. The Morgan fingerprint density at radius 2 is 1.73 bits per heavy atom. The Bertz CT molecular complexity index is 1230. The summed E-state index contributed by atoms with van der Waals surface area (Å²) in [5, 5.41) is 1.23. The van der Waals surface area contributed by atoms with Crippen LogP contribution in [0.1, 0.15) is 35.3 Å². The van der Waals surface area contributed by atoms with Crippen molar-refractivity contribution in [1.82, 2.24) is 4.98 Å². The molecule has 5 nitrogen and oxygen atoms in total. The molecule has 1 aromatic heterocycles. The minimum atomic E-state index is -0.171. The molecule has 0 aliphatic rings. The van der Waals surface area contributed by atoms with Crippen molar-refractivity contribution in [1.29, 1.82) is 0 Å². The molecule has 7 heteroatoms. The van der Waals surface area contributed by atoms with E-state index in [0.29, 0.717) is 47.0 Å². The van der Waals surface area contributed by atoms with Gasteiger partial charge in [0.25, 0.3) is 5.91 Å². The monoisotopic (exact) mass is 480 g/mol. The van der Waals surface area contributed by atoms with Gasteiger partial charge in [0, 0.05) is 5.56 Å². The van der Waals surface area contributed by atoms with E-state index in [4.69, 9.17) is 26.1 Å². The first kappa shape index (κ1) is 23.1. The zero-order valence-corrected chi connectivity index (χ0v) is 20.4. The summed E-state index contributed by atoms with van der Waals surface area (Å²) >= 11 is 7.86. The van der Waals surface area contributed by atoms with Crippen LogP contribution in [0.3, 0.4) is 0 Å². The van der Waals surface area contributed by atoms with Gasteiger partial charge in [0.05, 0.1) is 35.0 Å². The Morgan fingerprint density at radius 3 is 2.42 bits per heavy atom. The van der Waals surface area contributed by atoms with Crippen LogP contribution in [-0.4, -0.2) is 24.1 Å². The summed E-state index contributed by atoms with van der Waals surface area (Å²) in [5.41, 5.74) is 3.34. The molecule has 0 fully saturated rings. The van der Waals surface area contributed by atoms with E-state index in [-0.39, 0.29) is 5.91 Å². The van der Waals surface area contributed by atoms with Crippen LogP contribution < -0.4 is 14.4 Å². The Labute approximate surface area is 202 Å². The van der Waals surface area contributed by atoms with Gasteiger partial charge in [0.2, 0.25) is 0 Å². The van der Waals surface area contributed by atoms with Gasteiger partial charge < -0.3 is 9.47 Å². The van der Waals surface area contributed by atoms with Crippen molar-refractivity contribution < 1.29 is 14.3 Å². The topological polar surface area (TPSA) is 51.7 Å². The number of anilines is 1. The number of carbonyl (C=O) groups excluding carboxylic acids is 1. The molecule has 0 aliphatic heterocycles. The fourth-order valence-electron chi connectivity index (χ4n) is 3.54. The first-order valence-electron chi connectivity index (χ1n) is 10.8. The number of amides is 1. The maximum Gasteiger partial charge on any atom is 0.260 e. The maximum absolute atomic E-state index is 13.8. The van der Waals surface area contributed by atoms with Gasteiger partial charge in [-0.25, -0.2) is 4.98 Å². The summed E-state index contributed by atoms with van der Waals surface area (Å²) in [6, 6.07) is 19.0. The molecule has 1 heterocycles. The molecule has 33 heavy (non-hydrogen) atoms. The van der Waals surface area contributed by atoms with Crippen molar-refractivity contribution in [3.05, 3.63) is 82.4 Å². The third-order valence-electron chi connectivity index (χ3n) is 5.14. The summed E-state index contributed by atoms with van der Waals surface area (Å²) in [5.74, 6) is 0.997. The second-order valence-corrected chi connectivity index (χ2v) is 8.83. The fraction of sp³-hybridized carbons (Fsp3) is 0.231. The second-order valence-electron chi connectivity index (χ2n) is 7.44. The Kier molecular flexibility index (Phi) is 7.16. The molecule has 3 aromatic carbocycles. The van der Waals surface area contributed by atoms with Crippen molar-refractivity contribution in [2.24, 2.45) is 0 Å². The molecule has 4 rings (SSSR count). The molecule has 0 aliphatic carbocycles. The van der Waals surface area contributed by atoms with E-state index in [0.717, 1.165) is 21.3 Å². The smallest absolute Gasteiger partial charge is 0.260 e. The Hall–Kier alpha value is -3.09. The summed E-state index contributed by atoms with van der Waals surface area (Å²) in [7, 11) is 0. The minimum absolute atomic E-state index is 0.171. The third-order valence-corrected chi connectivity index (χ3v) is 6.67. The van der Waals surface area contributed by atoms with Gasteiger partial charge >= 0.3 is 0 Å². The number of thiazole rings is 1. The second kappa shape index (κ2) is 10.2. The molecule has 0 atom stereocenters. The maximum atomic E-state index is 13.8. The lowest BCUT2D eigenvalue weighted by Gasteiger charge is -2.21. The first-order valence-corrected chi connectivity index (χ1v) is 12.0. The van der Waals surface area contributed by atoms with Crippen LogP contribution in [0.15, 0.2) is 60.7 Å². The molecular formula is C26H25ClN2O3S. The molecule has 0 saturated carbocycles. The number of fused-ring (bicyclic) bond motifs is 1. The molecule has 0 unspecified atom stereocenters. The highest BCUT2D eigenvalue weighted by Crippen LogP contribution is 2.37. The Balaban J connectivity index is 1.78. The Morgan fingerprint density at radius 1 is 1.00 bits per heavy atom. The average Bonchev–Trinajstić information content (AvgIpc) is 3.28. The number of aryl methyl sites for hydroxylation is 1. The SMILES string of the molecule is CCOc1ccc(C(=O)N(Cc2ccccc2)c2nc3c(C)ccc(Cl)c3s2)cc1OCC. The van der Waals surface area contributed by atoms with Crippen LogP contribution in [0.4, 0.5) is 5.13 Å². The van der Waals surface area contributed by atoms with Gasteiger partial charge in [-0.3, -0.25) is 9.69 Å². The van der Waals surface area contributed by atoms with Crippen molar-refractivity contribution in [2.75, 3.05) is 18.1 Å². The van der Waals surface area contributed by atoms with Crippen LogP contribution in [0.25, 0.3) is 10.2 Å². The predicted molar refractivity (Wildman–Crippen MR) is 135 cm³/mol.